The van der Waals surface area contributed by atoms with Crippen LogP contribution in [0.4, 0.5) is 0 Å². The Hall–Kier alpha value is -1.88. The summed E-state index contributed by atoms with van der Waals surface area (Å²) in [6, 6.07) is 6.95. The fourth-order valence-corrected chi connectivity index (χ4v) is 2.94. The van der Waals surface area contributed by atoms with E-state index in [4.69, 9.17) is 5.73 Å². The highest BCUT2D eigenvalue weighted by Gasteiger charge is 2.29. The average Bonchev–Trinajstić information content (AvgIpc) is 2.53. The molecule has 1 saturated heterocycles. The van der Waals surface area contributed by atoms with E-state index in [1.165, 1.54) is 4.90 Å². The zero-order valence-corrected chi connectivity index (χ0v) is 13.6. The second-order valence-corrected chi connectivity index (χ2v) is 6.20. The predicted molar refractivity (Wildman–Crippen MR) is 86.8 cm³/mol. The Morgan fingerprint density at radius 3 is 2.32 bits per heavy atom. The van der Waals surface area contributed by atoms with E-state index in [1.54, 1.807) is 38.4 Å². The molecule has 0 bridgehead atoms. The molecule has 0 radical (unpaired) electrons. The molecule has 120 valence electrons. The number of hydrogen-bond acceptors (Lipinski definition) is 3. The Labute approximate surface area is 132 Å². The van der Waals surface area contributed by atoms with E-state index < -0.39 is 0 Å². The molecule has 1 aliphatic heterocycles. The van der Waals surface area contributed by atoms with Crippen LogP contribution in [-0.2, 0) is 0 Å². The van der Waals surface area contributed by atoms with Gasteiger partial charge in [0.1, 0.15) is 0 Å². The van der Waals surface area contributed by atoms with Gasteiger partial charge < -0.3 is 15.5 Å². The Morgan fingerprint density at radius 2 is 1.77 bits per heavy atom. The molecular formula is C17H25N3O2. The zero-order valence-electron chi connectivity index (χ0n) is 13.6. The highest BCUT2D eigenvalue weighted by Crippen LogP contribution is 2.21. The summed E-state index contributed by atoms with van der Waals surface area (Å²) in [5.74, 6) is -0.0590. The number of carbonyl (C=O) groups is 2. The molecule has 2 atom stereocenters. The van der Waals surface area contributed by atoms with Gasteiger partial charge in [-0.2, -0.15) is 0 Å². The first-order valence-corrected chi connectivity index (χ1v) is 7.80. The number of piperidine rings is 1. The summed E-state index contributed by atoms with van der Waals surface area (Å²) < 4.78 is 0. The van der Waals surface area contributed by atoms with Crippen molar-refractivity contribution in [1.82, 2.24) is 9.80 Å². The van der Waals surface area contributed by atoms with Crippen molar-refractivity contribution < 1.29 is 9.59 Å². The summed E-state index contributed by atoms with van der Waals surface area (Å²) in [6.07, 6.45) is 3.10. The van der Waals surface area contributed by atoms with Crippen LogP contribution in [0.2, 0.25) is 0 Å². The van der Waals surface area contributed by atoms with E-state index in [0.717, 1.165) is 25.8 Å². The third-order valence-electron chi connectivity index (χ3n) is 4.20. The maximum Gasteiger partial charge on any atom is 0.254 e. The van der Waals surface area contributed by atoms with Crippen molar-refractivity contribution >= 4 is 11.8 Å². The van der Waals surface area contributed by atoms with Crippen molar-refractivity contribution in [3.05, 3.63) is 35.4 Å². The van der Waals surface area contributed by atoms with Crippen LogP contribution in [0.15, 0.2) is 24.3 Å². The van der Waals surface area contributed by atoms with E-state index in [9.17, 15) is 9.59 Å². The summed E-state index contributed by atoms with van der Waals surface area (Å²) >= 11 is 0. The highest BCUT2D eigenvalue weighted by molar-refractivity contribution is 5.97. The first-order valence-electron chi connectivity index (χ1n) is 7.80. The Balaban J connectivity index is 2.16. The Bertz CT molecular complexity index is 537. The van der Waals surface area contributed by atoms with Crippen LogP contribution in [0.3, 0.4) is 0 Å². The number of nitrogens with zero attached hydrogens (tertiary/aromatic N) is 2. The number of benzene rings is 1. The maximum atomic E-state index is 12.7. The van der Waals surface area contributed by atoms with E-state index in [1.807, 2.05) is 11.8 Å². The number of likely N-dealkylation sites (tertiary alicyclic amines) is 1. The molecule has 0 aliphatic carbocycles. The third kappa shape index (κ3) is 3.47. The number of nitrogens with two attached hydrogens (primary N) is 1. The molecule has 0 aromatic heterocycles. The van der Waals surface area contributed by atoms with Crippen LogP contribution >= 0.6 is 0 Å². The number of amides is 2. The van der Waals surface area contributed by atoms with Crippen molar-refractivity contribution in [2.45, 2.75) is 38.3 Å². The normalized spacial score (nSPS) is 19.6. The van der Waals surface area contributed by atoms with E-state index in [-0.39, 0.29) is 23.9 Å². The van der Waals surface area contributed by atoms with Crippen LogP contribution in [0.25, 0.3) is 0 Å². The van der Waals surface area contributed by atoms with Gasteiger partial charge >= 0.3 is 0 Å². The molecule has 2 amide bonds. The van der Waals surface area contributed by atoms with Crippen molar-refractivity contribution in [2.75, 3.05) is 20.6 Å². The molecule has 1 fully saturated rings. The van der Waals surface area contributed by atoms with Crippen LogP contribution < -0.4 is 5.73 Å². The summed E-state index contributed by atoms with van der Waals surface area (Å²) in [5, 5.41) is 0. The largest absolute Gasteiger partial charge is 0.345 e. The molecule has 2 N–H and O–H groups in total. The molecule has 0 spiro atoms. The second-order valence-electron chi connectivity index (χ2n) is 6.20. The standard InChI is InChI=1S/C17H25N3O2/c1-12(18)15-6-4-5-11-20(15)17(22)14-9-7-13(8-10-14)16(21)19(2)3/h7-10,12,15H,4-6,11,18H2,1-3H3. The Morgan fingerprint density at radius 1 is 1.18 bits per heavy atom. The SMILES string of the molecule is CC(N)C1CCCCN1C(=O)c1ccc(C(=O)N(C)C)cc1. The van der Waals surface area contributed by atoms with Crippen molar-refractivity contribution in [3.8, 4) is 0 Å². The van der Waals surface area contributed by atoms with E-state index in [0.29, 0.717) is 11.1 Å². The lowest BCUT2D eigenvalue weighted by molar-refractivity contribution is 0.0583. The van der Waals surface area contributed by atoms with Gasteiger partial charge in [0.05, 0.1) is 0 Å². The van der Waals surface area contributed by atoms with Gasteiger partial charge in [-0.3, -0.25) is 9.59 Å². The Kier molecular flexibility index (Phi) is 5.19. The molecule has 5 heteroatoms. The second kappa shape index (κ2) is 6.92. The van der Waals surface area contributed by atoms with E-state index in [2.05, 4.69) is 0 Å². The minimum atomic E-state index is -0.0644. The van der Waals surface area contributed by atoms with Gasteiger partial charge in [-0.15, -0.1) is 0 Å². The first-order chi connectivity index (χ1) is 10.4. The van der Waals surface area contributed by atoms with Crippen LogP contribution in [-0.4, -0.2) is 54.3 Å². The minimum Gasteiger partial charge on any atom is -0.345 e. The molecule has 2 rings (SSSR count). The molecule has 1 heterocycles. The molecular weight excluding hydrogens is 278 g/mol. The fraction of sp³-hybridized carbons (Fsp3) is 0.529. The lowest BCUT2D eigenvalue weighted by atomic mass is 9.96. The molecule has 1 aromatic carbocycles. The molecule has 1 aromatic rings. The summed E-state index contributed by atoms with van der Waals surface area (Å²) in [5.41, 5.74) is 7.23. The molecule has 0 saturated carbocycles. The van der Waals surface area contributed by atoms with Gasteiger partial charge in [-0.05, 0) is 50.5 Å². The molecule has 1 aliphatic rings. The quantitative estimate of drug-likeness (QED) is 0.924. The lowest BCUT2D eigenvalue weighted by Crippen LogP contribution is -2.51. The van der Waals surface area contributed by atoms with Crippen molar-refractivity contribution in [1.29, 1.82) is 0 Å². The van der Waals surface area contributed by atoms with Gasteiger partial charge in [0, 0.05) is 43.9 Å². The smallest absolute Gasteiger partial charge is 0.254 e. The minimum absolute atomic E-state index is 0.00542. The number of hydrogen-bond donors (Lipinski definition) is 1. The van der Waals surface area contributed by atoms with Gasteiger partial charge in [0.2, 0.25) is 0 Å². The lowest BCUT2D eigenvalue weighted by Gasteiger charge is -2.38. The summed E-state index contributed by atoms with van der Waals surface area (Å²) in [6.45, 7) is 2.71. The number of carbonyl (C=O) groups excluding carboxylic acids is 2. The summed E-state index contributed by atoms with van der Waals surface area (Å²) in [7, 11) is 3.42. The molecule has 5 nitrogen and oxygen atoms in total. The van der Waals surface area contributed by atoms with Crippen molar-refractivity contribution in [2.24, 2.45) is 5.73 Å². The van der Waals surface area contributed by atoms with Gasteiger partial charge in [-0.25, -0.2) is 0 Å². The highest BCUT2D eigenvalue weighted by atomic mass is 16.2. The van der Waals surface area contributed by atoms with Gasteiger partial charge in [0.25, 0.3) is 11.8 Å². The topological polar surface area (TPSA) is 66.6 Å². The van der Waals surface area contributed by atoms with Crippen LogP contribution in [0.1, 0.15) is 46.9 Å². The maximum absolute atomic E-state index is 12.7. The number of rotatable bonds is 3. The average molecular weight is 303 g/mol. The van der Waals surface area contributed by atoms with Crippen molar-refractivity contribution in [3.63, 3.8) is 0 Å². The summed E-state index contributed by atoms with van der Waals surface area (Å²) in [4.78, 5) is 28.0. The predicted octanol–water partition coefficient (Wildman–Crippen LogP) is 1.73. The third-order valence-corrected chi connectivity index (χ3v) is 4.20. The van der Waals surface area contributed by atoms with Crippen LogP contribution in [0, 0.1) is 0 Å². The fourth-order valence-electron chi connectivity index (χ4n) is 2.94. The first kappa shape index (κ1) is 16.5. The molecule has 2 unspecified atom stereocenters. The van der Waals surface area contributed by atoms with Crippen LogP contribution in [0.5, 0.6) is 0 Å². The monoisotopic (exact) mass is 303 g/mol. The zero-order chi connectivity index (χ0) is 16.3. The molecule has 22 heavy (non-hydrogen) atoms. The van der Waals surface area contributed by atoms with Gasteiger partial charge in [-0.1, -0.05) is 0 Å². The van der Waals surface area contributed by atoms with E-state index >= 15 is 0 Å². The van der Waals surface area contributed by atoms with Gasteiger partial charge in [0.15, 0.2) is 0 Å².